The number of carbonyl (C=O) groups excluding carboxylic acids is 1. The maximum atomic E-state index is 11.8. The molecular weight excluding hydrogens is 298 g/mol. The first-order valence-corrected chi connectivity index (χ1v) is 8.69. The number of hydrogen-bond acceptors (Lipinski definition) is 3. The second-order valence-electron chi connectivity index (χ2n) is 6.72. The summed E-state index contributed by atoms with van der Waals surface area (Å²) in [5.41, 5.74) is 11.1. The van der Waals surface area contributed by atoms with Crippen LogP contribution in [0.5, 0.6) is 0 Å². The van der Waals surface area contributed by atoms with E-state index in [0.29, 0.717) is 12.5 Å². The third kappa shape index (κ3) is 2.83. The number of nitrogens with one attached hydrogen (secondary N) is 1. The molecule has 2 aromatic rings. The average Bonchev–Trinajstić information content (AvgIpc) is 3.18. The summed E-state index contributed by atoms with van der Waals surface area (Å²) in [6.07, 6.45) is 2.58. The Morgan fingerprint density at radius 2 is 1.83 bits per heavy atom. The third-order valence-electron chi connectivity index (χ3n) is 5.13. The van der Waals surface area contributed by atoms with Gasteiger partial charge in [0.05, 0.1) is 0 Å². The fourth-order valence-corrected chi connectivity index (χ4v) is 3.82. The number of benzene rings is 2. The summed E-state index contributed by atoms with van der Waals surface area (Å²) < 4.78 is 0. The Balaban J connectivity index is 1.41. The van der Waals surface area contributed by atoms with E-state index in [1.54, 1.807) is 0 Å². The molecule has 4 heteroatoms. The molecule has 1 saturated heterocycles. The van der Waals surface area contributed by atoms with Crippen molar-refractivity contribution in [2.24, 2.45) is 5.73 Å². The second-order valence-corrected chi connectivity index (χ2v) is 6.72. The van der Waals surface area contributed by atoms with Gasteiger partial charge in [-0.1, -0.05) is 36.4 Å². The fourth-order valence-electron chi connectivity index (χ4n) is 3.82. The molecule has 0 radical (unpaired) electrons. The molecule has 2 aromatic carbocycles. The number of anilines is 1. The lowest BCUT2D eigenvalue weighted by atomic mass is 10.1. The van der Waals surface area contributed by atoms with Crippen molar-refractivity contribution in [3.05, 3.63) is 65.2 Å². The molecule has 1 fully saturated rings. The molecule has 1 aliphatic carbocycles. The summed E-state index contributed by atoms with van der Waals surface area (Å²) in [4.78, 5) is 13.7. The molecule has 0 aromatic heterocycles. The van der Waals surface area contributed by atoms with E-state index >= 15 is 0 Å². The average molecular weight is 321 g/mol. The van der Waals surface area contributed by atoms with Gasteiger partial charge in [0.25, 0.3) is 0 Å². The highest BCUT2D eigenvalue weighted by Crippen LogP contribution is 2.37. The van der Waals surface area contributed by atoms with E-state index in [2.05, 4.69) is 53.8 Å². The van der Waals surface area contributed by atoms with Crippen molar-refractivity contribution < 1.29 is 4.79 Å². The lowest BCUT2D eigenvalue weighted by Crippen LogP contribution is -2.23. The minimum absolute atomic E-state index is 0.127. The monoisotopic (exact) mass is 321 g/mol. The molecule has 1 heterocycles. The van der Waals surface area contributed by atoms with Crippen molar-refractivity contribution in [3.8, 4) is 0 Å². The summed E-state index contributed by atoms with van der Waals surface area (Å²) in [7, 11) is 0. The van der Waals surface area contributed by atoms with Crippen molar-refractivity contribution in [2.45, 2.75) is 37.9 Å². The lowest BCUT2D eigenvalue weighted by molar-refractivity contribution is -0.117. The summed E-state index contributed by atoms with van der Waals surface area (Å²) in [5, 5.41) is 3.62. The second kappa shape index (κ2) is 6.38. The molecule has 2 aliphatic rings. The first kappa shape index (κ1) is 15.4. The highest BCUT2D eigenvalue weighted by Gasteiger charge is 2.27. The van der Waals surface area contributed by atoms with Gasteiger partial charge in [0, 0.05) is 37.3 Å². The molecule has 2 unspecified atom stereocenters. The molecule has 4 nitrogen and oxygen atoms in total. The Labute approximate surface area is 142 Å². The van der Waals surface area contributed by atoms with Crippen LogP contribution in [0, 0.1) is 0 Å². The van der Waals surface area contributed by atoms with Crippen molar-refractivity contribution >= 4 is 11.6 Å². The van der Waals surface area contributed by atoms with Gasteiger partial charge in [-0.25, -0.2) is 0 Å². The van der Waals surface area contributed by atoms with Crippen molar-refractivity contribution in [2.75, 3.05) is 11.4 Å². The maximum Gasteiger partial charge on any atom is 0.227 e. The Bertz CT molecular complexity index is 741. The van der Waals surface area contributed by atoms with E-state index in [9.17, 15) is 4.79 Å². The van der Waals surface area contributed by atoms with Gasteiger partial charge in [-0.3, -0.25) is 4.79 Å². The van der Waals surface area contributed by atoms with Crippen molar-refractivity contribution in [3.63, 3.8) is 0 Å². The molecule has 0 bridgehead atoms. The van der Waals surface area contributed by atoms with Gasteiger partial charge < -0.3 is 16.0 Å². The summed E-state index contributed by atoms with van der Waals surface area (Å²) >= 11 is 0. The Kier molecular flexibility index (Phi) is 4.08. The van der Waals surface area contributed by atoms with Gasteiger partial charge in [-0.05, 0) is 41.7 Å². The van der Waals surface area contributed by atoms with Crippen LogP contribution in [-0.2, 0) is 11.3 Å². The van der Waals surface area contributed by atoms with Crippen LogP contribution in [-0.4, -0.2) is 12.5 Å². The summed E-state index contributed by atoms with van der Waals surface area (Å²) in [5.74, 6) is 0.234. The maximum absolute atomic E-state index is 11.8. The van der Waals surface area contributed by atoms with Crippen LogP contribution < -0.4 is 16.0 Å². The lowest BCUT2D eigenvalue weighted by Gasteiger charge is -2.17. The first-order chi connectivity index (χ1) is 11.7. The SMILES string of the molecule is NC1CC(NCc2ccc(N3CCCC3=O)cc2)c2ccccc21. The van der Waals surface area contributed by atoms with Crippen LogP contribution in [0.25, 0.3) is 0 Å². The number of fused-ring (bicyclic) bond motifs is 1. The molecular formula is C20H23N3O. The summed E-state index contributed by atoms with van der Waals surface area (Å²) in [6.45, 7) is 1.65. The van der Waals surface area contributed by atoms with Gasteiger partial charge in [0.2, 0.25) is 5.91 Å². The Hall–Kier alpha value is -2.17. The van der Waals surface area contributed by atoms with Crippen molar-refractivity contribution in [1.29, 1.82) is 0 Å². The zero-order valence-corrected chi connectivity index (χ0v) is 13.7. The van der Waals surface area contributed by atoms with Crippen LogP contribution in [0.3, 0.4) is 0 Å². The molecule has 4 rings (SSSR count). The number of hydrogen-bond donors (Lipinski definition) is 2. The minimum Gasteiger partial charge on any atom is -0.324 e. The van der Waals surface area contributed by atoms with Gasteiger partial charge in [-0.15, -0.1) is 0 Å². The highest BCUT2D eigenvalue weighted by molar-refractivity contribution is 5.95. The Morgan fingerprint density at radius 3 is 2.54 bits per heavy atom. The molecule has 3 N–H and O–H groups in total. The number of rotatable bonds is 4. The first-order valence-electron chi connectivity index (χ1n) is 8.69. The third-order valence-corrected chi connectivity index (χ3v) is 5.13. The van der Waals surface area contributed by atoms with E-state index < -0.39 is 0 Å². The van der Waals surface area contributed by atoms with Gasteiger partial charge in [-0.2, -0.15) is 0 Å². The minimum atomic E-state index is 0.127. The molecule has 1 amide bonds. The molecule has 24 heavy (non-hydrogen) atoms. The molecule has 0 spiro atoms. The van der Waals surface area contributed by atoms with E-state index in [1.165, 1.54) is 16.7 Å². The zero-order valence-electron chi connectivity index (χ0n) is 13.7. The predicted molar refractivity (Wildman–Crippen MR) is 95.6 cm³/mol. The van der Waals surface area contributed by atoms with E-state index in [1.807, 2.05) is 4.90 Å². The van der Waals surface area contributed by atoms with Gasteiger partial charge in [0.15, 0.2) is 0 Å². The largest absolute Gasteiger partial charge is 0.324 e. The smallest absolute Gasteiger partial charge is 0.227 e. The molecule has 2 atom stereocenters. The molecule has 0 saturated carbocycles. The topological polar surface area (TPSA) is 58.4 Å². The Morgan fingerprint density at radius 1 is 1.08 bits per heavy atom. The summed E-state index contributed by atoms with van der Waals surface area (Å²) in [6, 6.07) is 17.2. The van der Waals surface area contributed by atoms with Crippen LogP contribution in [0.15, 0.2) is 48.5 Å². The normalized spacial score (nSPS) is 22.9. The highest BCUT2D eigenvalue weighted by atomic mass is 16.2. The van der Waals surface area contributed by atoms with Crippen LogP contribution in [0.4, 0.5) is 5.69 Å². The molecule has 124 valence electrons. The van der Waals surface area contributed by atoms with Crippen LogP contribution in [0.1, 0.15) is 48.0 Å². The molecule has 1 aliphatic heterocycles. The predicted octanol–water partition coefficient (Wildman–Crippen LogP) is 3.05. The van der Waals surface area contributed by atoms with Crippen LogP contribution >= 0.6 is 0 Å². The number of carbonyl (C=O) groups is 1. The number of amides is 1. The van der Waals surface area contributed by atoms with E-state index in [0.717, 1.165) is 31.6 Å². The zero-order chi connectivity index (χ0) is 16.5. The van der Waals surface area contributed by atoms with Crippen LogP contribution in [0.2, 0.25) is 0 Å². The van der Waals surface area contributed by atoms with E-state index in [-0.39, 0.29) is 11.9 Å². The fraction of sp³-hybridized carbons (Fsp3) is 0.350. The standard InChI is InChI=1S/C20H23N3O/c21-18-12-19(17-5-2-1-4-16(17)18)22-13-14-7-9-15(10-8-14)23-11-3-6-20(23)24/h1-2,4-5,7-10,18-19,22H,3,6,11-13,21H2. The van der Waals surface area contributed by atoms with Crippen molar-refractivity contribution in [1.82, 2.24) is 5.32 Å². The number of nitrogens with zero attached hydrogens (tertiary/aromatic N) is 1. The quantitative estimate of drug-likeness (QED) is 0.910. The van der Waals surface area contributed by atoms with Gasteiger partial charge in [0.1, 0.15) is 0 Å². The van der Waals surface area contributed by atoms with E-state index in [4.69, 9.17) is 5.73 Å². The van der Waals surface area contributed by atoms with Gasteiger partial charge >= 0.3 is 0 Å². The number of nitrogens with two attached hydrogens (primary N) is 1.